The number of hydrogen-bond acceptors (Lipinski definition) is 4. The number of hydrogen-bond donors (Lipinski definition) is 1. The Bertz CT molecular complexity index is 886. The van der Waals surface area contributed by atoms with Crippen LogP contribution in [0.15, 0.2) is 34.7 Å². The van der Waals surface area contributed by atoms with Crippen molar-refractivity contribution in [2.75, 3.05) is 6.54 Å². The third-order valence-electron chi connectivity index (χ3n) is 4.39. The van der Waals surface area contributed by atoms with Crippen molar-refractivity contribution in [1.29, 1.82) is 0 Å². The molecule has 0 spiro atoms. The van der Waals surface area contributed by atoms with E-state index in [1.165, 1.54) is 12.1 Å². The van der Waals surface area contributed by atoms with E-state index < -0.39 is 23.0 Å². The van der Waals surface area contributed by atoms with Crippen molar-refractivity contribution in [2.24, 2.45) is 5.73 Å². The lowest BCUT2D eigenvalue weighted by atomic mass is 9.91. The van der Waals surface area contributed by atoms with E-state index in [2.05, 4.69) is 11.8 Å². The molecule has 1 aliphatic carbocycles. The van der Waals surface area contributed by atoms with E-state index in [-0.39, 0.29) is 37.1 Å². The molecule has 2 fully saturated rings. The number of carbonyl (C=O) groups is 3. The predicted octanol–water partition coefficient (Wildman–Crippen LogP) is 3.30. The molecule has 1 saturated heterocycles. The Morgan fingerprint density at radius 2 is 1.81 bits per heavy atom. The van der Waals surface area contributed by atoms with E-state index in [0.29, 0.717) is 16.7 Å². The minimum Gasteiger partial charge on any atom is -0.366 e. The number of amides is 3. The van der Waals surface area contributed by atoms with Crippen molar-refractivity contribution >= 4 is 28.8 Å². The number of allylic oxidation sites excluding steroid dienone is 1. The first-order valence-corrected chi connectivity index (χ1v) is 9.11. The summed E-state index contributed by atoms with van der Waals surface area (Å²) < 4.78 is 26.6. The molecule has 3 amide bonds. The zero-order chi connectivity index (χ0) is 19.6. The van der Waals surface area contributed by atoms with Gasteiger partial charge in [-0.2, -0.15) is 0 Å². The van der Waals surface area contributed by atoms with Gasteiger partial charge < -0.3 is 5.73 Å². The molecule has 1 aliphatic heterocycles. The van der Waals surface area contributed by atoms with Crippen molar-refractivity contribution in [2.45, 2.75) is 31.6 Å². The van der Waals surface area contributed by atoms with Gasteiger partial charge in [-0.3, -0.25) is 19.3 Å². The summed E-state index contributed by atoms with van der Waals surface area (Å²) in [5, 5.41) is -0.446. The highest BCUT2D eigenvalue weighted by molar-refractivity contribution is 8.18. The van der Waals surface area contributed by atoms with Crippen LogP contribution >= 0.6 is 11.8 Å². The second-order valence-corrected chi connectivity index (χ2v) is 7.25. The molecule has 0 unspecified atom stereocenters. The number of imide groups is 1. The number of thioether (sulfide) groups is 1. The molecule has 1 heterocycles. The second kappa shape index (κ2) is 7.53. The van der Waals surface area contributed by atoms with Gasteiger partial charge in [-0.05, 0) is 48.9 Å². The molecule has 0 aromatic heterocycles. The Morgan fingerprint density at radius 3 is 2.41 bits per heavy atom. The molecular formula is C19H16F2N2O3S. The number of primary amides is 1. The number of rotatable bonds is 2. The SMILES string of the molecule is NC(=O)c1ccc(C#CCN2C(=O)SC(=C3CCC(F)(F)CC3)C2=O)cc1. The van der Waals surface area contributed by atoms with Gasteiger partial charge in [-0.15, -0.1) is 0 Å². The summed E-state index contributed by atoms with van der Waals surface area (Å²) in [7, 11) is 0. The third-order valence-corrected chi connectivity index (χ3v) is 5.46. The lowest BCUT2D eigenvalue weighted by molar-refractivity contribution is -0.122. The lowest BCUT2D eigenvalue weighted by Gasteiger charge is -2.24. The standard InChI is InChI=1S/C19H16F2N2O3S/c20-19(21)9-7-13(8-10-19)15-17(25)23(18(26)27-15)11-1-2-12-3-5-14(6-4-12)16(22)24/h3-6H,7-11H2,(H2,22,24). The Hall–Kier alpha value is -2.66. The maximum Gasteiger partial charge on any atom is 0.294 e. The van der Waals surface area contributed by atoms with Gasteiger partial charge in [0.25, 0.3) is 11.1 Å². The molecular weight excluding hydrogens is 374 g/mol. The molecule has 1 saturated carbocycles. The van der Waals surface area contributed by atoms with Crippen LogP contribution in [0.3, 0.4) is 0 Å². The van der Waals surface area contributed by atoms with E-state index in [9.17, 15) is 23.2 Å². The normalized spacial score (nSPS) is 19.1. The van der Waals surface area contributed by atoms with Gasteiger partial charge >= 0.3 is 0 Å². The quantitative estimate of drug-likeness (QED) is 0.621. The summed E-state index contributed by atoms with van der Waals surface area (Å²) >= 11 is 0.793. The van der Waals surface area contributed by atoms with Gasteiger partial charge in [0, 0.05) is 24.0 Å². The molecule has 0 atom stereocenters. The smallest absolute Gasteiger partial charge is 0.294 e. The Kier molecular flexibility index (Phi) is 5.33. The Labute approximate surface area is 159 Å². The highest BCUT2D eigenvalue weighted by Gasteiger charge is 2.40. The van der Waals surface area contributed by atoms with E-state index >= 15 is 0 Å². The van der Waals surface area contributed by atoms with E-state index in [1.807, 2.05) is 0 Å². The molecule has 3 rings (SSSR count). The number of carbonyl (C=O) groups excluding carboxylic acids is 3. The molecule has 1 aromatic carbocycles. The van der Waals surface area contributed by atoms with Crippen molar-refractivity contribution in [1.82, 2.24) is 4.90 Å². The average molecular weight is 390 g/mol. The monoisotopic (exact) mass is 390 g/mol. The van der Waals surface area contributed by atoms with E-state index in [1.54, 1.807) is 12.1 Å². The van der Waals surface area contributed by atoms with E-state index in [0.717, 1.165) is 16.7 Å². The third kappa shape index (κ3) is 4.37. The van der Waals surface area contributed by atoms with Crippen LogP contribution in [0.4, 0.5) is 13.6 Å². The second-order valence-electron chi connectivity index (χ2n) is 6.29. The van der Waals surface area contributed by atoms with Crippen LogP contribution in [0.25, 0.3) is 0 Å². The van der Waals surface area contributed by atoms with Gasteiger partial charge in [0.15, 0.2) is 0 Å². The zero-order valence-electron chi connectivity index (χ0n) is 14.3. The zero-order valence-corrected chi connectivity index (χ0v) is 15.1. The van der Waals surface area contributed by atoms with Crippen LogP contribution in [0, 0.1) is 11.8 Å². The van der Waals surface area contributed by atoms with Crippen LogP contribution in [-0.4, -0.2) is 34.4 Å². The fourth-order valence-electron chi connectivity index (χ4n) is 2.83. The maximum atomic E-state index is 13.3. The number of nitrogens with two attached hydrogens (primary N) is 1. The van der Waals surface area contributed by atoms with E-state index in [4.69, 9.17) is 5.73 Å². The molecule has 0 radical (unpaired) electrons. The summed E-state index contributed by atoms with van der Waals surface area (Å²) in [6.45, 7) is -0.0881. The fourth-order valence-corrected chi connectivity index (χ4v) is 3.81. The molecule has 2 aliphatic rings. The maximum absolute atomic E-state index is 13.3. The highest BCUT2D eigenvalue weighted by atomic mass is 32.2. The molecule has 1 aromatic rings. The molecule has 5 nitrogen and oxygen atoms in total. The number of nitrogens with zero attached hydrogens (tertiary/aromatic N) is 1. The summed E-state index contributed by atoms with van der Waals surface area (Å²) in [5.74, 6) is 1.85. The first-order chi connectivity index (χ1) is 12.8. The van der Waals surface area contributed by atoms with Crippen LogP contribution in [0.5, 0.6) is 0 Å². The number of benzene rings is 1. The van der Waals surface area contributed by atoms with Gasteiger partial charge in [0.1, 0.15) is 0 Å². The summed E-state index contributed by atoms with van der Waals surface area (Å²) in [6.07, 6.45) is -0.343. The lowest BCUT2D eigenvalue weighted by Crippen LogP contribution is -2.29. The van der Waals surface area contributed by atoms with Gasteiger partial charge in [0.2, 0.25) is 11.8 Å². The van der Waals surface area contributed by atoms with Crippen molar-refractivity contribution in [3.8, 4) is 11.8 Å². The minimum absolute atomic E-state index is 0.0881. The van der Waals surface area contributed by atoms with Gasteiger partial charge in [-0.25, -0.2) is 8.78 Å². The van der Waals surface area contributed by atoms with Gasteiger partial charge in [-0.1, -0.05) is 17.4 Å². The van der Waals surface area contributed by atoms with Crippen molar-refractivity contribution < 1.29 is 23.2 Å². The average Bonchev–Trinajstić information content (AvgIpc) is 2.90. The van der Waals surface area contributed by atoms with Crippen LogP contribution in [-0.2, 0) is 4.79 Å². The van der Waals surface area contributed by atoms with Crippen LogP contribution < -0.4 is 5.73 Å². The first kappa shape index (κ1) is 19.1. The topological polar surface area (TPSA) is 80.5 Å². The molecule has 0 bridgehead atoms. The van der Waals surface area contributed by atoms with Crippen LogP contribution in [0.2, 0.25) is 0 Å². The Balaban J connectivity index is 1.67. The van der Waals surface area contributed by atoms with Crippen LogP contribution in [0.1, 0.15) is 41.6 Å². The number of alkyl halides is 2. The predicted molar refractivity (Wildman–Crippen MR) is 97.0 cm³/mol. The molecule has 2 N–H and O–H groups in total. The minimum atomic E-state index is -2.70. The van der Waals surface area contributed by atoms with Crippen molar-refractivity contribution in [3.63, 3.8) is 0 Å². The molecule has 27 heavy (non-hydrogen) atoms. The fraction of sp³-hybridized carbons (Fsp3) is 0.316. The first-order valence-electron chi connectivity index (χ1n) is 8.29. The highest BCUT2D eigenvalue weighted by Crippen LogP contribution is 2.42. The Morgan fingerprint density at radius 1 is 1.19 bits per heavy atom. The largest absolute Gasteiger partial charge is 0.366 e. The summed E-state index contributed by atoms with van der Waals surface area (Å²) in [4.78, 5) is 36.9. The van der Waals surface area contributed by atoms with Crippen molar-refractivity contribution in [3.05, 3.63) is 45.9 Å². The van der Waals surface area contributed by atoms with Gasteiger partial charge in [0.05, 0.1) is 11.4 Å². The molecule has 8 heteroatoms. The number of halogens is 2. The summed E-state index contributed by atoms with van der Waals surface area (Å²) in [5.41, 5.74) is 6.76. The summed E-state index contributed by atoms with van der Waals surface area (Å²) in [6, 6.07) is 6.31. The molecule has 140 valence electrons.